The van der Waals surface area contributed by atoms with Gasteiger partial charge in [0.1, 0.15) is 9.39 Å². The van der Waals surface area contributed by atoms with Gasteiger partial charge in [-0.2, -0.15) is 4.98 Å². The number of primary amides is 1. The molecule has 1 aliphatic heterocycles. The highest BCUT2D eigenvalue weighted by molar-refractivity contribution is 14.1. The molecule has 9 heteroatoms. The van der Waals surface area contributed by atoms with Crippen molar-refractivity contribution in [2.45, 2.75) is 19.8 Å². The molecule has 22 heavy (non-hydrogen) atoms. The Morgan fingerprint density at radius 3 is 2.59 bits per heavy atom. The van der Waals surface area contributed by atoms with E-state index in [1.807, 2.05) is 27.5 Å². The highest BCUT2D eigenvalue weighted by atomic mass is 127. The van der Waals surface area contributed by atoms with Crippen molar-refractivity contribution in [2.24, 2.45) is 18.2 Å². The number of hydrogen-bond acceptors (Lipinski definition) is 6. The van der Waals surface area contributed by atoms with Crippen LogP contribution in [-0.2, 0) is 11.8 Å². The maximum absolute atomic E-state index is 12.1. The first-order valence-corrected chi connectivity index (χ1v) is 8.00. The lowest BCUT2D eigenvalue weighted by molar-refractivity contribution is 0.0816. The molecule has 0 unspecified atom stereocenters. The van der Waals surface area contributed by atoms with E-state index in [0.717, 1.165) is 12.8 Å². The minimum atomic E-state index is -0.752. The number of halogens is 1. The molecule has 1 fully saturated rings. The Labute approximate surface area is 141 Å². The van der Waals surface area contributed by atoms with Crippen molar-refractivity contribution in [3.63, 3.8) is 0 Å². The van der Waals surface area contributed by atoms with Crippen LogP contribution in [-0.4, -0.2) is 35.3 Å². The summed E-state index contributed by atoms with van der Waals surface area (Å²) in [6, 6.07) is 0. The summed E-state index contributed by atoms with van der Waals surface area (Å²) in [7, 11) is 1.69. The minimum absolute atomic E-state index is 0.112. The van der Waals surface area contributed by atoms with E-state index in [1.54, 1.807) is 7.05 Å². The van der Waals surface area contributed by atoms with Gasteiger partial charge in [-0.05, 0) is 35.4 Å². The molecule has 1 saturated heterocycles. The van der Waals surface area contributed by atoms with Crippen LogP contribution in [0.1, 0.15) is 19.8 Å². The summed E-state index contributed by atoms with van der Waals surface area (Å²) in [5.41, 5.74) is 10.6. The van der Waals surface area contributed by atoms with E-state index >= 15 is 0 Å². The van der Waals surface area contributed by atoms with E-state index < -0.39 is 6.09 Å². The Balaban J connectivity index is 2.12. The Hall–Kier alpha value is -1.52. The second kappa shape index (κ2) is 6.31. The monoisotopic (exact) mass is 421 g/mol. The van der Waals surface area contributed by atoms with Gasteiger partial charge in [-0.1, -0.05) is 6.92 Å². The van der Waals surface area contributed by atoms with Gasteiger partial charge in [-0.3, -0.25) is 9.36 Å². The van der Waals surface area contributed by atoms with Gasteiger partial charge in [0.15, 0.2) is 0 Å². The normalized spacial score (nSPS) is 17.3. The number of carbonyl (C=O) groups is 1. The third-order valence-electron chi connectivity index (χ3n) is 4.05. The number of carbonyl (C=O) groups excluding carboxylic acids is 1. The zero-order valence-corrected chi connectivity index (χ0v) is 14.8. The first kappa shape index (κ1) is 16.8. The largest absolute Gasteiger partial charge is 0.449 e. The highest BCUT2D eigenvalue weighted by Crippen LogP contribution is 2.32. The molecule has 0 aromatic carbocycles. The van der Waals surface area contributed by atoms with Gasteiger partial charge in [-0.25, -0.2) is 4.79 Å². The van der Waals surface area contributed by atoms with Crippen LogP contribution < -0.4 is 21.9 Å². The van der Waals surface area contributed by atoms with Crippen molar-refractivity contribution >= 4 is 40.5 Å². The highest BCUT2D eigenvalue weighted by Gasteiger charge is 2.32. The Morgan fingerprint density at radius 1 is 1.45 bits per heavy atom. The van der Waals surface area contributed by atoms with Gasteiger partial charge in [0.05, 0.1) is 6.61 Å². The Morgan fingerprint density at radius 2 is 2.05 bits per heavy atom. The fourth-order valence-electron chi connectivity index (χ4n) is 2.50. The average molecular weight is 421 g/mol. The predicted octanol–water partition coefficient (Wildman–Crippen LogP) is 0.669. The molecule has 1 amide bonds. The van der Waals surface area contributed by atoms with Crippen molar-refractivity contribution < 1.29 is 9.53 Å². The summed E-state index contributed by atoms with van der Waals surface area (Å²) in [4.78, 5) is 29.2. The second-order valence-corrected chi connectivity index (χ2v) is 6.96. The summed E-state index contributed by atoms with van der Waals surface area (Å²) in [6.45, 7) is 3.78. The Kier molecular flexibility index (Phi) is 4.83. The number of rotatable bonds is 3. The number of hydrogen-bond donors (Lipinski definition) is 2. The first-order valence-electron chi connectivity index (χ1n) is 6.93. The number of amides is 1. The topological polar surface area (TPSA) is 116 Å². The predicted molar refractivity (Wildman–Crippen MR) is 91.7 cm³/mol. The van der Waals surface area contributed by atoms with Gasteiger partial charge >= 0.3 is 6.09 Å². The number of ether oxygens (including phenoxy) is 1. The minimum Gasteiger partial charge on any atom is -0.449 e. The number of nitrogen functional groups attached to an aromatic ring is 1. The smallest absolute Gasteiger partial charge is 0.404 e. The van der Waals surface area contributed by atoms with Gasteiger partial charge < -0.3 is 21.1 Å². The van der Waals surface area contributed by atoms with Crippen LogP contribution in [0, 0.1) is 8.99 Å². The molecule has 122 valence electrons. The van der Waals surface area contributed by atoms with Crippen LogP contribution in [0.4, 0.5) is 16.6 Å². The number of nitrogens with zero attached hydrogens (tertiary/aromatic N) is 3. The van der Waals surface area contributed by atoms with Crippen molar-refractivity contribution in [1.29, 1.82) is 0 Å². The lowest BCUT2D eigenvalue weighted by atomic mass is 9.81. The van der Waals surface area contributed by atoms with Crippen LogP contribution in [0.3, 0.4) is 0 Å². The fourth-order valence-corrected chi connectivity index (χ4v) is 2.98. The molecular weight excluding hydrogens is 401 g/mol. The van der Waals surface area contributed by atoms with Crippen molar-refractivity contribution in [2.75, 3.05) is 30.3 Å². The maximum Gasteiger partial charge on any atom is 0.404 e. The summed E-state index contributed by atoms with van der Waals surface area (Å²) in [5, 5.41) is 0. The fraction of sp³-hybridized carbons (Fsp3) is 0.615. The molecule has 2 rings (SSSR count). The van der Waals surface area contributed by atoms with Crippen molar-refractivity contribution in [1.82, 2.24) is 9.55 Å². The van der Waals surface area contributed by atoms with E-state index in [9.17, 15) is 9.59 Å². The lowest BCUT2D eigenvalue weighted by Crippen LogP contribution is -2.44. The van der Waals surface area contributed by atoms with Crippen LogP contribution in [0.25, 0.3) is 0 Å². The van der Waals surface area contributed by atoms with Crippen LogP contribution in [0.2, 0.25) is 0 Å². The molecule has 2 heterocycles. The summed E-state index contributed by atoms with van der Waals surface area (Å²) < 4.78 is 6.88. The summed E-state index contributed by atoms with van der Waals surface area (Å²) in [6.07, 6.45) is 0.863. The third-order valence-corrected chi connectivity index (χ3v) is 5.07. The SMILES string of the molecule is Cn1c(N2CCC(C)(COC(N)=O)CC2)nc(N)c(I)c1=O. The maximum atomic E-state index is 12.1. The number of piperidine rings is 1. The number of anilines is 2. The molecule has 0 radical (unpaired) electrons. The van der Waals surface area contributed by atoms with Gasteiger partial charge in [-0.15, -0.1) is 0 Å². The summed E-state index contributed by atoms with van der Waals surface area (Å²) >= 11 is 1.90. The van der Waals surface area contributed by atoms with Crippen LogP contribution in [0.5, 0.6) is 0 Å². The summed E-state index contributed by atoms with van der Waals surface area (Å²) in [5.74, 6) is 0.824. The molecule has 0 spiro atoms. The molecule has 0 bridgehead atoms. The molecule has 1 aromatic heterocycles. The molecule has 1 aromatic rings. The number of aromatic nitrogens is 2. The molecule has 8 nitrogen and oxygen atoms in total. The Bertz CT molecular complexity index is 637. The third kappa shape index (κ3) is 3.45. The molecule has 1 aliphatic rings. The standard InChI is InChI=1S/C13H20IN5O3/c1-13(7-22-11(16)21)3-5-19(6-4-13)12-17-9(15)8(14)10(20)18(12)2/h3-7,15H2,1-2H3,(H2,16,21). The van der Waals surface area contributed by atoms with E-state index in [-0.39, 0.29) is 16.8 Å². The molecule has 0 aliphatic carbocycles. The zero-order chi connectivity index (χ0) is 16.5. The van der Waals surface area contributed by atoms with E-state index in [0.29, 0.717) is 29.2 Å². The second-order valence-electron chi connectivity index (χ2n) is 5.88. The zero-order valence-electron chi connectivity index (χ0n) is 12.6. The van der Waals surface area contributed by atoms with Crippen molar-refractivity contribution in [3.8, 4) is 0 Å². The van der Waals surface area contributed by atoms with Crippen LogP contribution in [0.15, 0.2) is 4.79 Å². The van der Waals surface area contributed by atoms with E-state index in [4.69, 9.17) is 16.2 Å². The first-order chi connectivity index (χ1) is 10.2. The van der Waals surface area contributed by atoms with Crippen molar-refractivity contribution in [3.05, 3.63) is 13.9 Å². The van der Waals surface area contributed by atoms with Gasteiger partial charge in [0.25, 0.3) is 5.56 Å². The molecular formula is C13H20IN5O3. The molecule has 4 N–H and O–H groups in total. The van der Waals surface area contributed by atoms with Gasteiger partial charge in [0.2, 0.25) is 5.95 Å². The van der Waals surface area contributed by atoms with Gasteiger partial charge in [0, 0.05) is 25.6 Å². The molecule has 0 saturated carbocycles. The van der Waals surface area contributed by atoms with E-state index in [1.165, 1.54) is 4.57 Å². The molecule has 0 atom stereocenters. The average Bonchev–Trinajstić information content (AvgIpc) is 2.48. The quantitative estimate of drug-likeness (QED) is 0.694. The number of nitrogens with two attached hydrogens (primary N) is 2. The van der Waals surface area contributed by atoms with E-state index in [2.05, 4.69) is 11.9 Å². The lowest BCUT2D eigenvalue weighted by Gasteiger charge is -2.39. The van der Waals surface area contributed by atoms with Crippen LogP contribution >= 0.6 is 22.6 Å².